The van der Waals surface area contributed by atoms with Gasteiger partial charge in [0.05, 0.1) is 13.7 Å². The molecular weight excluding hydrogens is 308 g/mol. The molecule has 23 heavy (non-hydrogen) atoms. The first kappa shape index (κ1) is 16.0. The fourth-order valence-electron chi connectivity index (χ4n) is 3.10. The lowest BCUT2D eigenvalue weighted by Crippen LogP contribution is -3.14. The van der Waals surface area contributed by atoms with Crippen LogP contribution in [0.4, 0.5) is 0 Å². The molecular formula is C18H23N2O2S+. The van der Waals surface area contributed by atoms with Crippen molar-refractivity contribution in [2.24, 2.45) is 0 Å². The molecule has 4 nitrogen and oxygen atoms in total. The van der Waals surface area contributed by atoms with Crippen molar-refractivity contribution in [3.05, 3.63) is 51.7 Å². The quantitative estimate of drug-likeness (QED) is 0.873. The number of quaternary nitrogens is 1. The molecule has 3 rings (SSSR count). The Labute approximate surface area is 141 Å². The summed E-state index contributed by atoms with van der Waals surface area (Å²) in [7, 11) is 1.65. The first-order chi connectivity index (χ1) is 11.2. The molecule has 1 amide bonds. The van der Waals surface area contributed by atoms with Gasteiger partial charge in [-0.05, 0) is 36.1 Å². The van der Waals surface area contributed by atoms with Crippen molar-refractivity contribution in [2.75, 3.05) is 20.2 Å². The van der Waals surface area contributed by atoms with Gasteiger partial charge in [-0.3, -0.25) is 4.79 Å². The summed E-state index contributed by atoms with van der Waals surface area (Å²) < 4.78 is 5.14. The molecule has 0 spiro atoms. The molecule has 2 heterocycles. The molecule has 2 N–H and O–H groups in total. The van der Waals surface area contributed by atoms with Crippen molar-refractivity contribution in [3.8, 4) is 5.75 Å². The van der Waals surface area contributed by atoms with E-state index in [1.807, 2.05) is 35.6 Å². The zero-order valence-electron chi connectivity index (χ0n) is 13.6. The van der Waals surface area contributed by atoms with E-state index in [1.165, 1.54) is 15.3 Å². The van der Waals surface area contributed by atoms with Gasteiger partial charge >= 0.3 is 0 Å². The van der Waals surface area contributed by atoms with Crippen LogP contribution in [0.5, 0.6) is 5.75 Å². The number of carbonyl (C=O) groups excluding carboxylic acids is 1. The molecule has 1 aliphatic heterocycles. The highest BCUT2D eigenvalue weighted by Crippen LogP contribution is 2.24. The van der Waals surface area contributed by atoms with Crippen LogP contribution >= 0.6 is 11.3 Å². The topological polar surface area (TPSA) is 42.8 Å². The van der Waals surface area contributed by atoms with Crippen LogP contribution in [0.2, 0.25) is 0 Å². The van der Waals surface area contributed by atoms with Gasteiger partial charge in [-0.25, -0.2) is 0 Å². The summed E-state index contributed by atoms with van der Waals surface area (Å²) in [6.07, 6.45) is 1.08. The van der Waals surface area contributed by atoms with Crippen LogP contribution < -0.4 is 15.0 Å². The number of amides is 1. The van der Waals surface area contributed by atoms with E-state index < -0.39 is 0 Å². The summed E-state index contributed by atoms with van der Waals surface area (Å²) in [6, 6.07) is 10.4. The van der Waals surface area contributed by atoms with Gasteiger partial charge in [0.15, 0.2) is 6.54 Å². The number of rotatable bonds is 5. The van der Waals surface area contributed by atoms with Crippen molar-refractivity contribution < 1.29 is 14.4 Å². The third-order valence-corrected chi connectivity index (χ3v) is 5.56. The van der Waals surface area contributed by atoms with Crippen LogP contribution in [0.3, 0.4) is 0 Å². The molecule has 0 bridgehead atoms. The average molecular weight is 331 g/mol. The number of nitrogens with one attached hydrogen (secondary N) is 2. The van der Waals surface area contributed by atoms with Crippen LogP contribution in [-0.4, -0.2) is 26.1 Å². The van der Waals surface area contributed by atoms with Crippen molar-refractivity contribution in [3.63, 3.8) is 0 Å². The predicted octanol–water partition coefficient (Wildman–Crippen LogP) is 1.58. The molecule has 0 saturated carbocycles. The maximum atomic E-state index is 12.2. The SMILES string of the molecule is COc1ccc(CNC(=O)C[NH+]2CCc3sccc3[C@@H]2C)cc1. The van der Waals surface area contributed by atoms with E-state index in [1.54, 1.807) is 7.11 Å². The highest BCUT2D eigenvalue weighted by molar-refractivity contribution is 7.10. The fraction of sp³-hybridized carbons (Fsp3) is 0.389. The molecule has 0 saturated heterocycles. The van der Waals surface area contributed by atoms with Gasteiger partial charge in [0.25, 0.3) is 5.91 Å². The molecule has 1 unspecified atom stereocenters. The Hall–Kier alpha value is -1.85. The largest absolute Gasteiger partial charge is 0.497 e. The van der Waals surface area contributed by atoms with E-state index in [4.69, 9.17) is 4.74 Å². The highest BCUT2D eigenvalue weighted by Gasteiger charge is 2.29. The Kier molecular flexibility index (Phi) is 4.98. The van der Waals surface area contributed by atoms with E-state index in [9.17, 15) is 4.79 Å². The van der Waals surface area contributed by atoms with E-state index >= 15 is 0 Å². The molecule has 0 aliphatic carbocycles. The lowest BCUT2D eigenvalue weighted by molar-refractivity contribution is -0.924. The van der Waals surface area contributed by atoms with Gasteiger partial charge in [-0.15, -0.1) is 11.3 Å². The Bertz CT molecular complexity index is 666. The molecule has 1 aromatic carbocycles. The number of ether oxygens (including phenoxy) is 1. The fourth-order valence-corrected chi connectivity index (χ4v) is 4.08. The van der Waals surface area contributed by atoms with Crippen LogP contribution in [-0.2, 0) is 17.8 Å². The second kappa shape index (κ2) is 7.15. The molecule has 122 valence electrons. The summed E-state index contributed by atoms with van der Waals surface area (Å²) in [5.41, 5.74) is 2.50. The minimum Gasteiger partial charge on any atom is -0.497 e. The monoisotopic (exact) mass is 331 g/mol. The third kappa shape index (κ3) is 3.74. The Morgan fingerprint density at radius 1 is 1.35 bits per heavy atom. The van der Waals surface area contributed by atoms with E-state index in [2.05, 4.69) is 23.7 Å². The number of thiophene rings is 1. The molecule has 0 fully saturated rings. The van der Waals surface area contributed by atoms with E-state index in [0.717, 1.165) is 24.3 Å². The normalized spacial score (nSPS) is 19.9. The van der Waals surface area contributed by atoms with Crippen molar-refractivity contribution in [2.45, 2.75) is 25.9 Å². The number of benzene rings is 1. The zero-order valence-corrected chi connectivity index (χ0v) is 14.4. The predicted molar refractivity (Wildman–Crippen MR) is 92.0 cm³/mol. The van der Waals surface area contributed by atoms with Gasteiger partial charge in [-0.1, -0.05) is 12.1 Å². The number of carbonyl (C=O) groups is 1. The van der Waals surface area contributed by atoms with E-state index in [-0.39, 0.29) is 5.91 Å². The second-order valence-electron chi connectivity index (χ2n) is 5.98. The van der Waals surface area contributed by atoms with E-state index in [0.29, 0.717) is 19.1 Å². The lowest BCUT2D eigenvalue weighted by atomic mass is 10.0. The summed E-state index contributed by atoms with van der Waals surface area (Å²) in [6.45, 7) is 4.35. The first-order valence-corrected chi connectivity index (χ1v) is 8.86. The van der Waals surface area contributed by atoms with Gasteiger partial charge in [-0.2, -0.15) is 0 Å². The number of fused-ring (bicyclic) bond motifs is 1. The standard InChI is InChI=1S/C18H22N2O2S/c1-13-16-8-10-23-17(16)7-9-20(13)12-18(21)19-11-14-3-5-15(22-2)6-4-14/h3-6,8,10,13H,7,9,11-12H2,1-2H3,(H,19,21)/p+1/t13-/m0/s1. The van der Waals surface area contributed by atoms with Crippen LogP contribution in [0.25, 0.3) is 0 Å². The maximum absolute atomic E-state index is 12.2. The van der Waals surface area contributed by atoms with Crippen LogP contribution in [0.1, 0.15) is 29.0 Å². The minimum absolute atomic E-state index is 0.112. The molecule has 5 heteroatoms. The Morgan fingerprint density at radius 2 is 2.13 bits per heavy atom. The first-order valence-electron chi connectivity index (χ1n) is 7.98. The zero-order chi connectivity index (χ0) is 16.2. The summed E-state index contributed by atoms with van der Waals surface area (Å²) in [4.78, 5) is 15.1. The molecule has 2 aromatic rings. The maximum Gasteiger partial charge on any atom is 0.275 e. The number of hydrogen-bond donors (Lipinski definition) is 2. The van der Waals surface area contributed by atoms with Gasteiger partial charge in [0.1, 0.15) is 11.8 Å². The Morgan fingerprint density at radius 3 is 2.87 bits per heavy atom. The van der Waals surface area contributed by atoms with Crippen LogP contribution in [0, 0.1) is 0 Å². The molecule has 0 radical (unpaired) electrons. The number of methoxy groups -OCH3 is 1. The third-order valence-electron chi connectivity index (χ3n) is 4.57. The highest BCUT2D eigenvalue weighted by atomic mass is 32.1. The van der Waals surface area contributed by atoms with Crippen molar-refractivity contribution in [1.29, 1.82) is 0 Å². The summed E-state index contributed by atoms with van der Waals surface area (Å²) in [5, 5.41) is 5.18. The Balaban J connectivity index is 1.51. The van der Waals surface area contributed by atoms with Gasteiger partial charge in [0, 0.05) is 23.4 Å². The molecule has 1 aliphatic rings. The van der Waals surface area contributed by atoms with Crippen molar-refractivity contribution >= 4 is 17.2 Å². The number of hydrogen-bond acceptors (Lipinski definition) is 3. The lowest BCUT2D eigenvalue weighted by Gasteiger charge is -2.29. The van der Waals surface area contributed by atoms with Gasteiger partial charge in [0.2, 0.25) is 0 Å². The van der Waals surface area contributed by atoms with Gasteiger partial charge < -0.3 is 15.0 Å². The molecule has 1 aromatic heterocycles. The molecule has 2 atom stereocenters. The minimum atomic E-state index is 0.112. The van der Waals surface area contributed by atoms with Crippen molar-refractivity contribution in [1.82, 2.24) is 5.32 Å². The smallest absolute Gasteiger partial charge is 0.275 e. The second-order valence-corrected chi connectivity index (χ2v) is 6.98. The average Bonchev–Trinajstić information content (AvgIpc) is 3.05. The van der Waals surface area contributed by atoms with Crippen LogP contribution in [0.15, 0.2) is 35.7 Å². The summed E-state index contributed by atoms with van der Waals surface area (Å²) in [5.74, 6) is 0.944. The summed E-state index contributed by atoms with van der Waals surface area (Å²) >= 11 is 1.84.